The molecule has 0 bridgehead atoms. The Kier molecular flexibility index (Phi) is 4.00. The molecule has 1 aromatic carbocycles. The molecule has 90 valence electrons. The summed E-state index contributed by atoms with van der Waals surface area (Å²) < 4.78 is 10.5. The zero-order valence-corrected chi connectivity index (χ0v) is 10.2. The van der Waals surface area contributed by atoms with Crippen LogP contribution < -0.4 is 10.5 Å². The normalized spacial score (nSPS) is 10.5. The summed E-state index contributed by atoms with van der Waals surface area (Å²) in [6, 6.07) is 7.81. The lowest BCUT2D eigenvalue weighted by Crippen LogP contribution is -2.00. The SMILES string of the molecule is CSc1ccccc1OCc1noc(CN)n1. The van der Waals surface area contributed by atoms with Gasteiger partial charge in [0.25, 0.3) is 0 Å². The van der Waals surface area contributed by atoms with Crippen LogP contribution in [0.1, 0.15) is 11.7 Å². The van der Waals surface area contributed by atoms with Gasteiger partial charge in [-0.3, -0.25) is 0 Å². The van der Waals surface area contributed by atoms with Crippen LogP contribution in [0.25, 0.3) is 0 Å². The van der Waals surface area contributed by atoms with E-state index >= 15 is 0 Å². The summed E-state index contributed by atoms with van der Waals surface area (Å²) in [5.74, 6) is 1.74. The number of nitrogens with zero attached hydrogens (tertiary/aromatic N) is 2. The Bertz CT molecular complexity index is 487. The molecular formula is C11H13N3O2S. The van der Waals surface area contributed by atoms with Crippen molar-refractivity contribution in [2.75, 3.05) is 6.26 Å². The first-order valence-corrected chi connectivity index (χ1v) is 6.33. The monoisotopic (exact) mass is 251 g/mol. The van der Waals surface area contributed by atoms with Gasteiger partial charge in [-0.05, 0) is 18.4 Å². The topological polar surface area (TPSA) is 74.2 Å². The Balaban J connectivity index is 2.01. The molecule has 0 radical (unpaired) electrons. The van der Waals surface area contributed by atoms with Gasteiger partial charge in [0.15, 0.2) is 6.61 Å². The van der Waals surface area contributed by atoms with E-state index < -0.39 is 0 Å². The summed E-state index contributed by atoms with van der Waals surface area (Å²) in [5.41, 5.74) is 5.38. The number of nitrogens with two attached hydrogens (primary N) is 1. The molecular weight excluding hydrogens is 238 g/mol. The summed E-state index contributed by atoms with van der Waals surface area (Å²) in [7, 11) is 0. The second kappa shape index (κ2) is 5.70. The molecule has 1 heterocycles. The fourth-order valence-corrected chi connectivity index (χ4v) is 1.85. The number of hydrogen-bond acceptors (Lipinski definition) is 6. The van der Waals surface area contributed by atoms with Gasteiger partial charge in [-0.1, -0.05) is 17.3 Å². The van der Waals surface area contributed by atoms with Gasteiger partial charge in [0.2, 0.25) is 11.7 Å². The summed E-state index contributed by atoms with van der Waals surface area (Å²) in [5, 5.41) is 3.76. The maximum absolute atomic E-state index is 5.63. The summed E-state index contributed by atoms with van der Waals surface area (Å²) in [6.07, 6.45) is 2.00. The van der Waals surface area contributed by atoms with Crippen LogP contribution in [0.4, 0.5) is 0 Å². The summed E-state index contributed by atoms with van der Waals surface area (Å²) >= 11 is 1.63. The molecule has 0 amide bonds. The molecule has 2 rings (SSSR count). The third-order valence-electron chi connectivity index (χ3n) is 2.11. The molecule has 17 heavy (non-hydrogen) atoms. The Morgan fingerprint density at radius 1 is 1.41 bits per heavy atom. The fraction of sp³-hybridized carbons (Fsp3) is 0.273. The van der Waals surface area contributed by atoms with Crippen LogP contribution in [-0.2, 0) is 13.2 Å². The van der Waals surface area contributed by atoms with E-state index in [2.05, 4.69) is 10.1 Å². The van der Waals surface area contributed by atoms with Gasteiger partial charge in [0, 0.05) is 4.90 Å². The maximum atomic E-state index is 5.63. The van der Waals surface area contributed by atoms with Crippen molar-refractivity contribution in [2.45, 2.75) is 18.0 Å². The number of thioether (sulfide) groups is 1. The average molecular weight is 251 g/mol. The zero-order chi connectivity index (χ0) is 12.1. The number of hydrogen-bond donors (Lipinski definition) is 1. The van der Waals surface area contributed by atoms with E-state index in [0.29, 0.717) is 11.7 Å². The number of para-hydroxylation sites is 1. The summed E-state index contributed by atoms with van der Waals surface area (Å²) in [4.78, 5) is 5.14. The second-order valence-corrected chi connectivity index (χ2v) is 4.10. The van der Waals surface area contributed by atoms with Crippen molar-refractivity contribution in [2.24, 2.45) is 5.73 Å². The van der Waals surface area contributed by atoms with E-state index in [9.17, 15) is 0 Å². The van der Waals surface area contributed by atoms with Crippen LogP contribution in [0.3, 0.4) is 0 Å². The lowest BCUT2D eigenvalue weighted by molar-refractivity contribution is 0.279. The van der Waals surface area contributed by atoms with E-state index in [1.54, 1.807) is 11.8 Å². The third kappa shape index (κ3) is 2.98. The largest absolute Gasteiger partial charge is 0.484 e. The Morgan fingerprint density at radius 2 is 2.24 bits per heavy atom. The van der Waals surface area contributed by atoms with Crippen molar-refractivity contribution >= 4 is 11.8 Å². The number of aromatic nitrogens is 2. The Hall–Kier alpha value is -1.53. The molecule has 0 aliphatic carbocycles. The molecule has 6 heteroatoms. The standard InChI is InChI=1S/C11H13N3O2S/c1-17-9-5-3-2-4-8(9)15-7-10-13-11(6-12)16-14-10/h2-5H,6-7,12H2,1H3. The van der Waals surface area contributed by atoms with Gasteiger partial charge in [0.1, 0.15) is 5.75 Å². The predicted octanol–water partition coefficient (Wildman–Crippen LogP) is 1.83. The average Bonchev–Trinajstić information content (AvgIpc) is 2.84. The zero-order valence-electron chi connectivity index (χ0n) is 9.42. The molecule has 0 fully saturated rings. The second-order valence-electron chi connectivity index (χ2n) is 3.25. The molecule has 0 aliphatic rings. The predicted molar refractivity (Wildman–Crippen MR) is 64.7 cm³/mol. The van der Waals surface area contributed by atoms with Gasteiger partial charge >= 0.3 is 0 Å². The van der Waals surface area contributed by atoms with Crippen LogP contribution in [0.5, 0.6) is 5.75 Å². The number of rotatable bonds is 5. The molecule has 0 spiro atoms. The van der Waals surface area contributed by atoms with Crippen molar-refractivity contribution in [1.29, 1.82) is 0 Å². The highest BCUT2D eigenvalue weighted by molar-refractivity contribution is 7.98. The van der Waals surface area contributed by atoms with Gasteiger partial charge in [-0.15, -0.1) is 11.8 Å². The van der Waals surface area contributed by atoms with Crippen molar-refractivity contribution in [3.63, 3.8) is 0 Å². The minimum atomic E-state index is 0.244. The van der Waals surface area contributed by atoms with Crippen molar-refractivity contribution < 1.29 is 9.26 Å². The highest BCUT2D eigenvalue weighted by Crippen LogP contribution is 2.27. The lowest BCUT2D eigenvalue weighted by atomic mass is 10.3. The number of benzene rings is 1. The van der Waals surface area contributed by atoms with Crippen LogP contribution in [-0.4, -0.2) is 16.4 Å². The number of ether oxygens (including phenoxy) is 1. The highest BCUT2D eigenvalue weighted by atomic mass is 32.2. The first kappa shape index (κ1) is 11.9. The van der Waals surface area contributed by atoms with Crippen molar-refractivity contribution in [3.8, 4) is 5.75 Å². The van der Waals surface area contributed by atoms with Gasteiger partial charge in [-0.25, -0.2) is 0 Å². The molecule has 5 nitrogen and oxygen atoms in total. The van der Waals surface area contributed by atoms with Gasteiger partial charge in [0.05, 0.1) is 6.54 Å². The molecule has 0 saturated carbocycles. The molecule has 0 saturated heterocycles. The van der Waals surface area contributed by atoms with E-state index in [1.165, 1.54) is 0 Å². The smallest absolute Gasteiger partial charge is 0.240 e. The first-order valence-electron chi connectivity index (χ1n) is 5.11. The first-order chi connectivity index (χ1) is 8.33. The molecule has 0 aliphatic heterocycles. The summed E-state index contributed by atoms with van der Waals surface area (Å²) in [6.45, 7) is 0.523. The van der Waals surface area contributed by atoms with E-state index in [-0.39, 0.29) is 13.2 Å². The van der Waals surface area contributed by atoms with Crippen LogP contribution in [0, 0.1) is 0 Å². The molecule has 2 N–H and O–H groups in total. The van der Waals surface area contributed by atoms with Crippen LogP contribution in [0.15, 0.2) is 33.7 Å². The van der Waals surface area contributed by atoms with Gasteiger partial charge in [-0.2, -0.15) is 4.98 Å². The maximum Gasteiger partial charge on any atom is 0.240 e. The van der Waals surface area contributed by atoms with Crippen molar-refractivity contribution in [1.82, 2.24) is 10.1 Å². The van der Waals surface area contributed by atoms with E-state index in [0.717, 1.165) is 10.6 Å². The molecule has 0 unspecified atom stereocenters. The lowest BCUT2D eigenvalue weighted by Gasteiger charge is -2.07. The quantitative estimate of drug-likeness (QED) is 0.817. The van der Waals surface area contributed by atoms with Crippen LogP contribution >= 0.6 is 11.8 Å². The molecule has 1 aromatic heterocycles. The fourth-order valence-electron chi connectivity index (χ4n) is 1.31. The molecule has 2 aromatic rings. The van der Waals surface area contributed by atoms with E-state index in [1.807, 2.05) is 30.5 Å². The minimum absolute atomic E-state index is 0.244. The Labute approximate surface area is 103 Å². The Morgan fingerprint density at radius 3 is 2.94 bits per heavy atom. The highest BCUT2D eigenvalue weighted by Gasteiger charge is 2.07. The minimum Gasteiger partial charge on any atom is -0.484 e. The van der Waals surface area contributed by atoms with Gasteiger partial charge < -0.3 is 15.0 Å². The molecule has 0 atom stereocenters. The van der Waals surface area contributed by atoms with Crippen LogP contribution in [0.2, 0.25) is 0 Å². The van der Waals surface area contributed by atoms with Crippen molar-refractivity contribution in [3.05, 3.63) is 36.0 Å². The third-order valence-corrected chi connectivity index (χ3v) is 2.89. The van der Waals surface area contributed by atoms with E-state index in [4.69, 9.17) is 15.0 Å².